The first-order valence-electron chi connectivity index (χ1n) is 20.3. The van der Waals surface area contributed by atoms with Crippen molar-refractivity contribution < 1.29 is 0 Å². The molecular formula is C56H38N4. The van der Waals surface area contributed by atoms with Gasteiger partial charge in [0.2, 0.25) is 0 Å². The molecule has 11 aromatic rings. The van der Waals surface area contributed by atoms with E-state index in [2.05, 4.69) is 215 Å². The van der Waals surface area contributed by atoms with Crippen LogP contribution in [0.2, 0.25) is 0 Å². The zero-order chi connectivity index (χ0) is 39.8. The summed E-state index contributed by atoms with van der Waals surface area (Å²) in [7, 11) is 0. The molecule has 0 bridgehead atoms. The third-order valence-corrected chi connectivity index (χ3v) is 11.5. The summed E-state index contributed by atoms with van der Waals surface area (Å²) in [5.74, 6) is 1.60. The van der Waals surface area contributed by atoms with Crippen LogP contribution in [0, 0.1) is 0 Å². The molecule has 0 aliphatic carbocycles. The van der Waals surface area contributed by atoms with Gasteiger partial charge in [0.15, 0.2) is 11.6 Å². The molecule has 4 heteroatoms. The minimum Gasteiger partial charge on any atom is -0.309 e. The van der Waals surface area contributed by atoms with Crippen LogP contribution in [0.1, 0.15) is 0 Å². The lowest BCUT2D eigenvalue weighted by molar-refractivity contribution is 1.07. The van der Waals surface area contributed by atoms with Gasteiger partial charge in [0.05, 0.1) is 16.7 Å². The summed E-state index contributed by atoms with van der Waals surface area (Å²) in [4.78, 5) is 0. The molecule has 60 heavy (non-hydrogen) atoms. The van der Waals surface area contributed by atoms with Crippen LogP contribution in [0.4, 0.5) is 0 Å². The normalized spacial score (nSPS) is 11.3. The summed E-state index contributed by atoms with van der Waals surface area (Å²) >= 11 is 0. The van der Waals surface area contributed by atoms with Crippen molar-refractivity contribution in [2.24, 2.45) is 0 Å². The second-order valence-corrected chi connectivity index (χ2v) is 15.0. The van der Waals surface area contributed by atoms with Crippen molar-refractivity contribution in [3.63, 3.8) is 0 Å². The van der Waals surface area contributed by atoms with Gasteiger partial charge in [-0.3, -0.25) is 4.57 Å². The van der Waals surface area contributed by atoms with Crippen molar-refractivity contribution in [3.8, 4) is 78.7 Å². The van der Waals surface area contributed by atoms with Gasteiger partial charge in [-0.2, -0.15) is 0 Å². The highest BCUT2D eigenvalue weighted by atomic mass is 15.3. The van der Waals surface area contributed by atoms with Crippen molar-refractivity contribution in [2.75, 3.05) is 0 Å². The molecule has 0 spiro atoms. The van der Waals surface area contributed by atoms with E-state index in [1.54, 1.807) is 0 Å². The minimum atomic E-state index is 0.797. The largest absolute Gasteiger partial charge is 0.309 e. The topological polar surface area (TPSA) is 35.6 Å². The third-order valence-electron chi connectivity index (χ3n) is 11.5. The average molecular weight is 767 g/mol. The Morgan fingerprint density at radius 3 is 1.37 bits per heavy atom. The smallest absolute Gasteiger partial charge is 0.168 e. The van der Waals surface area contributed by atoms with Crippen LogP contribution in [-0.2, 0) is 0 Å². The highest BCUT2D eigenvalue weighted by molar-refractivity contribution is 6.11. The zero-order valence-electron chi connectivity index (χ0n) is 32.7. The Kier molecular flexibility index (Phi) is 8.79. The highest BCUT2D eigenvalue weighted by Gasteiger charge is 2.20. The monoisotopic (exact) mass is 766 g/mol. The summed E-state index contributed by atoms with van der Waals surface area (Å²) in [6.07, 6.45) is 0. The molecule has 0 atom stereocenters. The Labute approximate surface area is 348 Å². The fourth-order valence-corrected chi connectivity index (χ4v) is 8.74. The SMILES string of the molecule is c1ccc(-c2ccccc2-n2c3ccccc3c3cc(-c4ccccc4-c4ccccc4-c4ccc(-c5nnc(-c6ccccc6)n5-c5ccccc5)cc4)ccc32)cc1. The molecule has 0 unspecified atom stereocenters. The quantitative estimate of drug-likeness (QED) is 0.154. The van der Waals surface area contributed by atoms with Gasteiger partial charge in [-0.05, 0) is 75.3 Å². The van der Waals surface area contributed by atoms with E-state index in [9.17, 15) is 0 Å². The van der Waals surface area contributed by atoms with Crippen LogP contribution in [0.3, 0.4) is 0 Å². The molecule has 0 saturated carbocycles. The van der Waals surface area contributed by atoms with Crippen molar-refractivity contribution in [2.45, 2.75) is 0 Å². The average Bonchev–Trinajstić information content (AvgIpc) is 3.92. The number of benzene rings is 9. The molecule has 0 aliphatic rings. The first-order valence-corrected chi connectivity index (χ1v) is 20.3. The van der Waals surface area contributed by atoms with E-state index >= 15 is 0 Å². The van der Waals surface area contributed by atoms with Gasteiger partial charge in [0.1, 0.15) is 0 Å². The summed E-state index contributed by atoms with van der Waals surface area (Å²) in [5.41, 5.74) is 16.0. The number of hydrogen-bond acceptors (Lipinski definition) is 2. The molecule has 0 amide bonds. The van der Waals surface area contributed by atoms with Crippen LogP contribution >= 0.6 is 0 Å². The zero-order valence-corrected chi connectivity index (χ0v) is 32.7. The Morgan fingerprint density at radius 2 is 0.700 bits per heavy atom. The predicted molar refractivity (Wildman–Crippen MR) is 248 cm³/mol. The van der Waals surface area contributed by atoms with Crippen LogP contribution in [-0.4, -0.2) is 19.3 Å². The van der Waals surface area contributed by atoms with E-state index in [4.69, 9.17) is 10.2 Å². The molecule has 0 N–H and O–H groups in total. The van der Waals surface area contributed by atoms with Crippen molar-refractivity contribution in [1.82, 2.24) is 19.3 Å². The lowest BCUT2D eigenvalue weighted by Gasteiger charge is -2.16. The van der Waals surface area contributed by atoms with Crippen molar-refractivity contribution in [3.05, 3.63) is 231 Å². The minimum absolute atomic E-state index is 0.797. The number of para-hydroxylation sites is 3. The van der Waals surface area contributed by atoms with Crippen LogP contribution < -0.4 is 0 Å². The van der Waals surface area contributed by atoms with Gasteiger partial charge >= 0.3 is 0 Å². The van der Waals surface area contributed by atoms with Crippen molar-refractivity contribution >= 4 is 21.8 Å². The lowest BCUT2D eigenvalue weighted by atomic mass is 9.89. The van der Waals surface area contributed by atoms with Gasteiger partial charge in [0, 0.05) is 33.2 Å². The molecule has 0 fully saturated rings. The summed E-state index contributed by atoms with van der Waals surface area (Å²) in [5, 5.41) is 11.9. The second kappa shape index (κ2) is 15.0. The Hall–Kier alpha value is -8.08. The molecule has 9 aromatic carbocycles. The fraction of sp³-hybridized carbons (Fsp3) is 0. The molecule has 11 rings (SSSR count). The molecular weight excluding hydrogens is 729 g/mol. The maximum atomic E-state index is 4.74. The van der Waals surface area contributed by atoms with E-state index in [0.717, 1.165) is 34.0 Å². The molecule has 0 aliphatic heterocycles. The van der Waals surface area contributed by atoms with Gasteiger partial charge in [-0.1, -0.05) is 194 Å². The highest BCUT2D eigenvalue weighted by Crippen LogP contribution is 2.42. The number of nitrogens with zero attached hydrogens (tertiary/aromatic N) is 4. The Morgan fingerprint density at radius 1 is 0.267 bits per heavy atom. The standard InChI is InChI=1S/C56H38N4/c1-4-18-39(19-5-1)47-26-14-16-30-52(47)60-53-31-17-15-29-50(53)51-38-43(36-37-54(51)60)46-25-11-13-28-49(46)48-27-12-10-24-45(48)40-32-34-42(35-33-40)56-58-57-55(41-20-6-2-7-21-41)59(56)44-22-8-3-9-23-44/h1-38H. The maximum Gasteiger partial charge on any atom is 0.168 e. The van der Waals surface area contributed by atoms with E-state index < -0.39 is 0 Å². The number of rotatable bonds is 8. The summed E-state index contributed by atoms with van der Waals surface area (Å²) < 4.78 is 4.57. The molecule has 0 radical (unpaired) electrons. The van der Waals surface area contributed by atoms with Gasteiger partial charge in [-0.25, -0.2) is 0 Å². The summed E-state index contributed by atoms with van der Waals surface area (Å²) in [6, 6.07) is 81.9. The first kappa shape index (κ1) is 35.1. The molecule has 282 valence electrons. The first-order chi connectivity index (χ1) is 29.8. The van der Waals surface area contributed by atoms with Crippen LogP contribution in [0.5, 0.6) is 0 Å². The van der Waals surface area contributed by atoms with Crippen LogP contribution in [0.15, 0.2) is 231 Å². The van der Waals surface area contributed by atoms with E-state index in [-0.39, 0.29) is 0 Å². The molecule has 0 saturated heterocycles. The Balaban J connectivity index is 0.999. The van der Waals surface area contributed by atoms with Gasteiger partial charge in [-0.15, -0.1) is 10.2 Å². The van der Waals surface area contributed by atoms with Crippen molar-refractivity contribution in [1.29, 1.82) is 0 Å². The van der Waals surface area contributed by atoms with Gasteiger partial charge < -0.3 is 4.57 Å². The number of fused-ring (bicyclic) bond motifs is 3. The molecule has 4 nitrogen and oxygen atoms in total. The fourth-order valence-electron chi connectivity index (χ4n) is 8.74. The third kappa shape index (κ3) is 6.10. The lowest BCUT2D eigenvalue weighted by Crippen LogP contribution is -2.00. The molecule has 2 aromatic heterocycles. The number of aromatic nitrogens is 4. The predicted octanol–water partition coefficient (Wildman–Crippen LogP) is 14.4. The molecule has 2 heterocycles. The Bertz CT molecular complexity index is 3290. The second-order valence-electron chi connectivity index (χ2n) is 15.0. The number of hydrogen-bond donors (Lipinski definition) is 0. The van der Waals surface area contributed by atoms with E-state index in [1.165, 1.54) is 66.4 Å². The van der Waals surface area contributed by atoms with Gasteiger partial charge in [0.25, 0.3) is 0 Å². The van der Waals surface area contributed by atoms with E-state index in [1.807, 2.05) is 24.3 Å². The van der Waals surface area contributed by atoms with E-state index in [0.29, 0.717) is 0 Å². The van der Waals surface area contributed by atoms with Crippen LogP contribution in [0.25, 0.3) is 100 Å². The summed E-state index contributed by atoms with van der Waals surface area (Å²) in [6.45, 7) is 0. The maximum absolute atomic E-state index is 4.74.